The molecule has 0 spiro atoms. The quantitative estimate of drug-likeness (QED) is 0.607. The highest BCUT2D eigenvalue weighted by atomic mass is 32.2. The summed E-state index contributed by atoms with van der Waals surface area (Å²) in [4.78, 5) is 0. The summed E-state index contributed by atoms with van der Waals surface area (Å²) < 4.78 is 0. The maximum absolute atomic E-state index is 5.26. The molecule has 0 aromatic carbocycles. The highest BCUT2D eigenvalue weighted by Gasteiger charge is 1.79. The third-order valence-electron chi connectivity index (χ3n) is 0.697. The molecule has 3 heteroatoms. The van der Waals surface area contributed by atoms with Crippen molar-refractivity contribution in [2.45, 2.75) is 13.3 Å². The highest BCUT2D eigenvalue weighted by Crippen LogP contribution is 1.98. The van der Waals surface area contributed by atoms with Crippen molar-refractivity contribution in [3.8, 4) is 0 Å². The number of nitrogens with one attached hydrogen (secondary N) is 1. The zero-order chi connectivity index (χ0) is 8.24. The molecule has 0 saturated heterocycles. The first kappa shape index (κ1) is 12.9. The van der Waals surface area contributed by atoms with Crippen LogP contribution in [0.1, 0.15) is 13.3 Å². The molecule has 0 heterocycles. The Morgan fingerprint density at radius 1 is 1.40 bits per heavy atom. The topological polar surface area (TPSA) is 38.0 Å². The van der Waals surface area contributed by atoms with E-state index < -0.39 is 0 Å². The summed E-state index contributed by atoms with van der Waals surface area (Å²) in [6, 6.07) is 0. The molecule has 2 nitrogen and oxygen atoms in total. The van der Waals surface area contributed by atoms with E-state index in [1.54, 1.807) is 0 Å². The minimum absolute atomic E-state index is 0.840. The van der Waals surface area contributed by atoms with Gasteiger partial charge in [0.05, 0.1) is 0 Å². The van der Waals surface area contributed by atoms with Gasteiger partial charge in [-0.05, 0) is 38.6 Å². The lowest BCUT2D eigenvalue weighted by Gasteiger charge is -1.91. The standard InChI is InChI=1S/C5H13NS.C2H7N/c1-2-7-5-3-4-6;1-3-2/h2-6H2,1H3;3H,1-2H3. The van der Waals surface area contributed by atoms with Crippen LogP contribution in [0.4, 0.5) is 0 Å². The number of thioether (sulfide) groups is 1. The third-order valence-corrected chi connectivity index (χ3v) is 1.68. The molecule has 10 heavy (non-hydrogen) atoms. The normalized spacial score (nSPS) is 8.40. The lowest BCUT2D eigenvalue weighted by atomic mass is 10.5. The van der Waals surface area contributed by atoms with Gasteiger partial charge in [0.25, 0.3) is 0 Å². The van der Waals surface area contributed by atoms with E-state index in [1.807, 2.05) is 25.9 Å². The van der Waals surface area contributed by atoms with Gasteiger partial charge in [0.15, 0.2) is 0 Å². The molecule has 0 saturated carbocycles. The largest absolute Gasteiger partial charge is 0.330 e. The minimum Gasteiger partial charge on any atom is -0.330 e. The van der Waals surface area contributed by atoms with Crippen LogP contribution >= 0.6 is 11.8 Å². The predicted molar refractivity (Wildman–Crippen MR) is 51.7 cm³/mol. The summed E-state index contributed by atoms with van der Waals surface area (Å²) in [5.41, 5.74) is 5.26. The van der Waals surface area contributed by atoms with Gasteiger partial charge in [0.2, 0.25) is 0 Å². The molecule has 0 aliphatic heterocycles. The van der Waals surface area contributed by atoms with Gasteiger partial charge in [-0.1, -0.05) is 6.92 Å². The zero-order valence-corrected chi connectivity index (χ0v) is 8.13. The molecule has 0 amide bonds. The van der Waals surface area contributed by atoms with Crippen molar-refractivity contribution in [3.63, 3.8) is 0 Å². The van der Waals surface area contributed by atoms with Crippen molar-refractivity contribution >= 4 is 11.8 Å². The molecule has 64 valence electrons. The van der Waals surface area contributed by atoms with E-state index in [1.165, 1.54) is 17.9 Å². The van der Waals surface area contributed by atoms with Gasteiger partial charge in [0.1, 0.15) is 0 Å². The minimum atomic E-state index is 0.840. The van der Waals surface area contributed by atoms with Crippen LogP contribution in [0.5, 0.6) is 0 Å². The Labute approximate surface area is 68.9 Å². The van der Waals surface area contributed by atoms with Crippen molar-refractivity contribution in [3.05, 3.63) is 0 Å². The average Bonchev–Trinajstić information content (AvgIpc) is 1.91. The fourth-order valence-electron chi connectivity index (χ4n) is 0.330. The summed E-state index contributed by atoms with van der Waals surface area (Å²) in [6.07, 6.45) is 1.17. The Bertz CT molecular complexity index is 38.6. The second kappa shape index (κ2) is 16.1. The molecule has 0 unspecified atom stereocenters. The summed E-state index contributed by atoms with van der Waals surface area (Å²) in [7, 11) is 3.75. The van der Waals surface area contributed by atoms with E-state index in [4.69, 9.17) is 5.73 Å². The summed E-state index contributed by atoms with van der Waals surface area (Å²) >= 11 is 1.95. The lowest BCUT2D eigenvalue weighted by Crippen LogP contribution is -1.99. The maximum atomic E-state index is 5.26. The van der Waals surface area contributed by atoms with Crippen molar-refractivity contribution in [1.29, 1.82) is 0 Å². The van der Waals surface area contributed by atoms with Crippen LogP contribution in [0.3, 0.4) is 0 Å². The SMILES string of the molecule is CCSCCCN.CNC. The molecule has 0 rings (SSSR count). The molecule has 0 radical (unpaired) electrons. The Balaban J connectivity index is 0. The van der Waals surface area contributed by atoms with Gasteiger partial charge in [-0.15, -0.1) is 0 Å². The Kier molecular flexibility index (Phi) is 20.8. The summed E-state index contributed by atoms with van der Waals surface area (Å²) in [6.45, 7) is 3.01. The lowest BCUT2D eigenvalue weighted by molar-refractivity contribution is 0.943. The number of rotatable bonds is 4. The van der Waals surface area contributed by atoms with Crippen LogP contribution in [0.15, 0.2) is 0 Å². The van der Waals surface area contributed by atoms with Gasteiger partial charge in [-0.25, -0.2) is 0 Å². The molecule has 0 bridgehead atoms. The molecular weight excluding hydrogens is 144 g/mol. The first-order chi connectivity index (χ1) is 4.83. The van der Waals surface area contributed by atoms with Crippen LogP contribution in [-0.4, -0.2) is 32.1 Å². The van der Waals surface area contributed by atoms with Gasteiger partial charge in [-0.3, -0.25) is 0 Å². The van der Waals surface area contributed by atoms with E-state index in [-0.39, 0.29) is 0 Å². The maximum Gasteiger partial charge on any atom is -0.00556 e. The first-order valence-electron chi connectivity index (χ1n) is 3.69. The first-order valence-corrected chi connectivity index (χ1v) is 4.85. The van der Waals surface area contributed by atoms with Gasteiger partial charge < -0.3 is 11.1 Å². The fraction of sp³-hybridized carbons (Fsp3) is 1.00. The van der Waals surface area contributed by atoms with Crippen LogP contribution in [0, 0.1) is 0 Å². The van der Waals surface area contributed by atoms with E-state index >= 15 is 0 Å². The second-order valence-electron chi connectivity index (χ2n) is 1.84. The van der Waals surface area contributed by atoms with E-state index in [9.17, 15) is 0 Å². The highest BCUT2D eigenvalue weighted by molar-refractivity contribution is 7.99. The monoisotopic (exact) mass is 164 g/mol. The number of nitrogens with two attached hydrogens (primary N) is 1. The van der Waals surface area contributed by atoms with Crippen molar-refractivity contribution < 1.29 is 0 Å². The summed E-state index contributed by atoms with van der Waals surface area (Å²) in [5.74, 6) is 2.45. The van der Waals surface area contributed by atoms with E-state index in [0.29, 0.717) is 0 Å². The van der Waals surface area contributed by atoms with E-state index in [2.05, 4.69) is 12.2 Å². The molecular formula is C7H20N2S. The van der Waals surface area contributed by atoms with Gasteiger partial charge in [0, 0.05) is 0 Å². The average molecular weight is 164 g/mol. The van der Waals surface area contributed by atoms with Crippen molar-refractivity contribution in [1.82, 2.24) is 5.32 Å². The van der Waals surface area contributed by atoms with Crippen LogP contribution < -0.4 is 11.1 Å². The Hall–Kier alpha value is 0.270. The zero-order valence-electron chi connectivity index (χ0n) is 7.31. The molecule has 0 atom stereocenters. The Morgan fingerprint density at radius 2 is 1.90 bits per heavy atom. The molecule has 0 aliphatic rings. The summed E-state index contributed by atoms with van der Waals surface area (Å²) in [5, 5.41) is 2.75. The van der Waals surface area contributed by atoms with Crippen LogP contribution in [-0.2, 0) is 0 Å². The molecule has 0 aliphatic carbocycles. The Morgan fingerprint density at radius 3 is 2.20 bits per heavy atom. The number of hydrogen-bond acceptors (Lipinski definition) is 3. The third kappa shape index (κ3) is 24.0. The van der Waals surface area contributed by atoms with Crippen molar-refractivity contribution in [2.24, 2.45) is 5.73 Å². The van der Waals surface area contributed by atoms with Crippen molar-refractivity contribution in [2.75, 3.05) is 32.1 Å². The van der Waals surface area contributed by atoms with Gasteiger partial charge >= 0.3 is 0 Å². The molecule has 0 fully saturated rings. The molecule has 3 N–H and O–H groups in total. The second-order valence-corrected chi connectivity index (χ2v) is 3.23. The van der Waals surface area contributed by atoms with E-state index in [0.717, 1.165) is 6.54 Å². The van der Waals surface area contributed by atoms with Gasteiger partial charge in [-0.2, -0.15) is 11.8 Å². The molecule has 0 aromatic heterocycles. The smallest absolute Gasteiger partial charge is 0.00556 e. The van der Waals surface area contributed by atoms with Crippen LogP contribution in [0.2, 0.25) is 0 Å². The predicted octanol–water partition coefficient (Wildman–Crippen LogP) is 0.924. The number of hydrogen-bond donors (Lipinski definition) is 2. The molecule has 0 aromatic rings. The van der Waals surface area contributed by atoms with Crippen LogP contribution in [0.25, 0.3) is 0 Å². The fourth-order valence-corrected chi connectivity index (χ4v) is 0.989.